The maximum Gasteiger partial charge on any atom is 1.00 e. The third-order valence-corrected chi connectivity index (χ3v) is 2.18. The van der Waals surface area contributed by atoms with Crippen molar-refractivity contribution in [2.45, 2.75) is 19.8 Å². The van der Waals surface area contributed by atoms with Crippen LogP contribution in [0.15, 0.2) is 30.3 Å². The summed E-state index contributed by atoms with van der Waals surface area (Å²) in [7, 11) is 0. The van der Waals surface area contributed by atoms with Crippen molar-refractivity contribution in [3.05, 3.63) is 35.9 Å². The summed E-state index contributed by atoms with van der Waals surface area (Å²) >= 11 is 0. The van der Waals surface area contributed by atoms with Gasteiger partial charge in [0.1, 0.15) is 0 Å². The van der Waals surface area contributed by atoms with E-state index in [1.54, 1.807) is 38.1 Å². The zero-order valence-electron chi connectivity index (χ0n) is 12.0. The van der Waals surface area contributed by atoms with Gasteiger partial charge in [0.2, 0.25) is 0 Å². The van der Waals surface area contributed by atoms with Crippen molar-refractivity contribution >= 4 is 11.9 Å². The Hall–Kier alpha value is -0.840. The van der Waals surface area contributed by atoms with Crippen LogP contribution in [0.5, 0.6) is 0 Å². The van der Waals surface area contributed by atoms with E-state index < -0.39 is 17.9 Å². The first kappa shape index (κ1) is 17.2. The van der Waals surface area contributed by atoms with Crippen LogP contribution in [0.3, 0.4) is 0 Å². The van der Waals surface area contributed by atoms with E-state index in [2.05, 4.69) is 0 Å². The van der Waals surface area contributed by atoms with E-state index >= 15 is 0 Å². The van der Waals surface area contributed by atoms with Crippen molar-refractivity contribution < 1.29 is 50.0 Å². The van der Waals surface area contributed by atoms with Crippen LogP contribution in [0.1, 0.15) is 26.8 Å². The van der Waals surface area contributed by atoms with Crippen molar-refractivity contribution in [1.29, 1.82) is 0 Å². The molecule has 0 heterocycles. The zero-order valence-corrected chi connectivity index (χ0v) is 13.0. The Kier molecular flexibility index (Phi) is 8.71. The Balaban J connectivity index is 0. The number of hydrogen-bond donors (Lipinski definition) is 0. The number of hydrogen-bond acceptors (Lipinski definition) is 4. The summed E-state index contributed by atoms with van der Waals surface area (Å²) in [5.41, 5.74) is 0.587. The van der Waals surface area contributed by atoms with Gasteiger partial charge in [-0.15, -0.1) is 0 Å². The van der Waals surface area contributed by atoms with Crippen LogP contribution in [0.4, 0.5) is 0 Å². The average Bonchev–Trinajstić information content (AvgIpc) is 2.31. The minimum Gasteiger partial charge on any atom is -1.00 e. The second-order valence-corrected chi connectivity index (χ2v) is 3.35. The van der Waals surface area contributed by atoms with Crippen molar-refractivity contribution in [1.82, 2.24) is 0 Å². The number of esters is 2. The van der Waals surface area contributed by atoms with E-state index in [-0.39, 0.29) is 44.2 Å². The molecule has 0 spiro atoms. The Morgan fingerprint density at radius 1 is 1.06 bits per heavy atom. The van der Waals surface area contributed by atoms with Crippen LogP contribution in [0.2, 0.25) is 0 Å². The second-order valence-electron chi connectivity index (χ2n) is 3.35. The van der Waals surface area contributed by atoms with Gasteiger partial charge in [0.15, 0.2) is 5.92 Å². The Labute approximate surface area is 130 Å². The molecule has 0 atom stereocenters. The summed E-state index contributed by atoms with van der Waals surface area (Å²) in [5, 5.41) is 0. The molecule has 4 nitrogen and oxygen atoms in total. The molecule has 0 amide bonds. The summed E-state index contributed by atoms with van der Waals surface area (Å²) in [5.74, 6) is -2.13. The number of benzene rings is 1. The SMILES string of the molecule is CCOC(=O)C(C(=O)OCC)c1ccccc1.[H-].[Na+]. The van der Waals surface area contributed by atoms with Gasteiger partial charge in [0, 0.05) is 0 Å². The maximum absolute atomic E-state index is 11.7. The quantitative estimate of drug-likeness (QED) is 0.388. The van der Waals surface area contributed by atoms with Gasteiger partial charge >= 0.3 is 41.5 Å². The Bertz CT molecular complexity index is 365. The summed E-state index contributed by atoms with van der Waals surface area (Å²) in [6.45, 7) is 3.87. The summed E-state index contributed by atoms with van der Waals surface area (Å²) in [6.07, 6.45) is 0. The minimum atomic E-state index is -0.990. The summed E-state index contributed by atoms with van der Waals surface area (Å²) < 4.78 is 9.77. The van der Waals surface area contributed by atoms with Crippen molar-refractivity contribution in [3.8, 4) is 0 Å². The third-order valence-electron chi connectivity index (χ3n) is 2.18. The minimum absolute atomic E-state index is 0. The molecular weight excluding hydrogens is 243 g/mol. The largest absolute Gasteiger partial charge is 1.00 e. The fraction of sp³-hybridized carbons (Fsp3) is 0.385. The molecule has 1 rings (SSSR count). The van der Waals surface area contributed by atoms with E-state index in [0.717, 1.165) is 0 Å². The number of carbonyl (C=O) groups excluding carboxylic acids is 2. The summed E-state index contributed by atoms with van der Waals surface area (Å²) in [4.78, 5) is 23.5. The normalized spacial score (nSPS) is 9.50. The van der Waals surface area contributed by atoms with Crippen molar-refractivity contribution in [2.75, 3.05) is 13.2 Å². The molecule has 18 heavy (non-hydrogen) atoms. The molecule has 1 aromatic carbocycles. The van der Waals surface area contributed by atoms with E-state index in [9.17, 15) is 9.59 Å². The average molecular weight is 260 g/mol. The molecule has 0 aliphatic rings. The predicted octanol–water partition coefficient (Wildman–Crippen LogP) is -0.987. The van der Waals surface area contributed by atoms with Crippen LogP contribution in [-0.2, 0) is 19.1 Å². The first-order chi connectivity index (χ1) is 8.20. The van der Waals surface area contributed by atoms with Gasteiger partial charge in [0.25, 0.3) is 0 Å². The molecule has 0 saturated carbocycles. The fourth-order valence-electron chi connectivity index (χ4n) is 1.47. The molecule has 0 fully saturated rings. The summed E-state index contributed by atoms with van der Waals surface area (Å²) in [6, 6.07) is 8.76. The fourth-order valence-corrected chi connectivity index (χ4v) is 1.47. The first-order valence-electron chi connectivity index (χ1n) is 5.58. The molecule has 0 unspecified atom stereocenters. The molecular formula is C13H17NaO4. The zero-order chi connectivity index (χ0) is 12.7. The Morgan fingerprint density at radius 2 is 1.50 bits per heavy atom. The van der Waals surface area contributed by atoms with Gasteiger partial charge in [-0.05, 0) is 19.4 Å². The second kappa shape index (κ2) is 9.14. The topological polar surface area (TPSA) is 52.6 Å². The smallest absolute Gasteiger partial charge is 1.00 e. The van der Waals surface area contributed by atoms with Gasteiger partial charge in [-0.25, -0.2) is 0 Å². The predicted molar refractivity (Wildman–Crippen MR) is 63.6 cm³/mol. The Morgan fingerprint density at radius 3 is 1.89 bits per heavy atom. The third kappa shape index (κ3) is 4.80. The molecule has 0 N–H and O–H groups in total. The first-order valence-corrected chi connectivity index (χ1v) is 5.58. The van der Waals surface area contributed by atoms with Crippen molar-refractivity contribution in [3.63, 3.8) is 0 Å². The van der Waals surface area contributed by atoms with Crippen LogP contribution in [-0.4, -0.2) is 25.2 Å². The molecule has 0 aromatic heterocycles. The number of ether oxygens (including phenoxy) is 2. The molecule has 0 aliphatic heterocycles. The number of carbonyl (C=O) groups is 2. The van der Waals surface area contributed by atoms with Gasteiger partial charge in [0.05, 0.1) is 13.2 Å². The van der Waals surface area contributed by atoms with Gasteiger partial charge in [-0.1, -0.05) is 30.3 Å². The van der Waals surface area contributed by atoms with Crippen molar-refractivity contribution in [2.24, 2.45) is 0 Å². The molecule has 0 radical (unpaired) electrons. The van der Waals surface area contributed by atoms with Gasteiger partial charge < -0.3 is 10.9 Å². The number of rotatable bonds is 5. The van der Waals surface area contributed by atoms with Gasteiger partial charge in [-0.3, -0.25) is 9.59 Å². The van der Waals surface area contributed by atoms with Crippen LogP contribution >= 0.6 is 0 Å². The van der Waals surface area contributed by atoms with E-state index in [0.29, 0.717) is 5.56 Å². The maximum atomic E-state index is 11.7. The molecule has 0 aliphatic carbocycles. The van der Waals surface area contributed by atoms with Crippen LogP contribution in [0, 0.1) is 0 Å². The van der Waals surface area contributed by atoms with E-state index in [1.807, 2.05) is 6.07 Å². The van der Waals surface area contributed by atoms with E-state index in [1.165, 1.54) is 0 Å². The van der Waals surface area contributed by atoms with Crippen LogP contribution in [0.25, 0.3) is 0 Å². The standard InChI is InChI=1S/C13H16O4.Na.H/c1-3-16-12(14)11(13(15)17-4-2)10-8-6-5-7-9-10;;/h5-9,11H,3-4H2,1-2H3;;/q;+1;-1. The van der Waals surface area contributed by atoms with Gasteiger partial charge in [-0.2, -0.15) is 0 Å². The molecule has 1 aromatic rings. The molecule has 5 heteroatoms. The molecule has 94 valence electrons. The van der Waals surface area contributed by atoms with E-state index in [4.69, 9.17) is 9.47 Å². The van der Waals surface area contributed by atoms with Crippen LogP contribution < -0.4 is 29.6 Å². The monoisotopic (exact) mass is 260 g/mol. The molecule has 0 saturated heterocycles. The molecule has 0 bridgehead atoms.